The summed E-state index contributed by atoms with van der Waals surface area (Å²) in [5.74, 6) is 0.0412. The summed E-state index contributed by atoms with van der Waals surface area (Å²) in [4.78, 5) is 31.4. The topological polar surface area (TPSA) is 43.9 Å². The highest BCUT2D eigenvalue weighted by Crippen LogP contribution is 2.31. The van der Waals surface area contributed by atoms with E-state index in [1.807, 2.05) is 15.9 Å². The third-order valence-electron chi connectivity index (χ3n) is 5.74. The number of hydrogen-bond donors (Lipinski definition) is 0. The van der Waals surface area contributed by atoms with E-state index in [4.69, 9.17) is 0 Å². The van der Waals surface area contributed by atoms with Crippen molar-refractivity contribution in [3.05, 3.63) is 23.8 Å². The van der Waals surface area contributed by atoms with E-state index >= 15 is 0 Å². The van der Waals surface area contributed by atoms with Crippen LogP contribution < -0.4 is 9.80 Å². The molecule has 26 heavy (non-hydrogen) atoms. The molecular formula is C21H31N3O2. The number of benzene rings is 1. The van der Waals surface area contributed by atoms with Crippen molar-refractivity contribution >= 4 is 23.2 Å². The second kappa shape index (κ2) is 8.11. The van der Waals surface area contributed by atoms with E-state index in [9.17, 15) is 9.59 Å². The second-order valence-corrected chi connectivity index (χ2v) is 7.43. The third-order valence-corrected chi connectivity index (χ3v) is 5.74. The zero-order chi connectivity index (χ0) is 18.7. The molecule has 0 saturated carbocycles. The van der Waals surface area contributed by atoms with Gasteiger partial charge in [0.1, 0.15) is 0 Å². The minimum atomic E-state index is -0.192. The lowest BCUT2D eigenvalue weighted by Crippen LogP contribution is -2.40. The fourth-order valence-corrected chi connectivity index (χ4v) is 4.21. The Bertz CT molecular complexity index is 663. The number of carbonyl (C=O) groups excluding carboxylic acids is 2. The number of amides is 2. The summed E-state index contributed by atoms with van der Waals surface area (Å²) < 4.78 is 0. The maximum atomic E-state index is 12.8. The largest absolute Gasteiger partial charge is 0.372 e. The molecule has 2 amide bonds. The van der Waals surface area contributed by atoms with Gasteiger partial charge in [0, 0.05) is 50.5 Å². The first-order chi connectivity index (χ1) is 12.5. The highest BCUT2D eigenvalue weighted by atomic mass is 16.2. The first kappa shape index (κ1) is 18.7. The van der Waals surface area contributed by atoms with Crippen LogP contribution in [0.3, 0.4) is 0 Å². The van der Waals surface area contributed by atoms with Crippen LogP contribution in [-0.2, 0) is 9.59 Å². The van der Waals surface area contributed by atoms with Crippen LogP contribution in [0.1, 0.15) is 45.1 Å². The second-order valence-electron chi connectivity index (χ2n) is 7.43. The Balaban J connectivity index is 1.73. The van der Waals surface area contributed by atoms with Crippen LogP contribution in [0, 0.1) is 12.8 Å². The quantitative estimate of drug-likeness (QED) is 0.813. The standard InChI is InChI=1S/C21H31N3O2/c1-4-22(5-2)18-9-10-19(16(3)13-18)24-15-17(14-20(24)25)21(26)23-11-7-6-8-12-23/h9-10,13,17H,4-8,11-12,14-15H2,1-3H3. The van der Waals surface area contributed by atoms with E-state index in [0.717, 1.165) is 50.3 Å². The SMILES string of the molecule is CCN(CC)c1ccc(N2CC(C(=O)N3CCCCC3)CC2=O)c(C)c1. The minimum absolute atomic E-state index is 0.0686. The molecule has 0 N–H and O–H groups in total. The molecule has 0 aliphatic carbocycles. The Kier molecular flexibility index (Phi) is 5.84. The molecule has 2 aliphatic heterocycles. The molecule has 3 rings (SSSR count). The molecule has 0 aromatic heterocycles. The predicted octanol–water partition coefficient (Wildman–Crippen LogP) is 3.21. The maximum absolute atomic E-state index is 12.8. The first-order valence-electron chi connectivity index (χ1n) is 9.99. The molecule has 5 nitrogen and oxygen atoms in total. The molecular weight excluding hydrogens is 326 g/mol. The van der Waals surface area contributed by atoms with Crippen LogP contribution in [-0.4, -0.2) is 49.4 Å². The third kappa shape index (κ3) is 3.71. The van der Waals surface area contributed by atoms with Gasteiger partial charge in [-0.2, -0.15) is 0 Å². The van der Waals surface area contributed by atoms with Crippen LogP contribution in [0.15, 0.2) is 18.2 Å². The number of aryl methyl sites for hydroxylation is 1. The fraction of sp³-hybridized carbons (Fsp3) is 0.619. The predicted molar refractivity (Wildman–Crippen MR) is 106 cm³/mol. The number of rotatable bonds is 5. The molecule has 2 fully saturated rings. The van der Waals surface area contributed by atoms with Gasteiger partial charge in [-0.25, -0.2) is 0 Å². The Morgan fingerprint density at radius 1 is 1.15 bits per heavy atom. The molecule has 2 heterocycles. The lowest BCUT2D eigenvalue weighted by molar-refractivity contribution is -0.136. The van der Waals surface area contributed by atoms with Gasteiger partial charge in [0.15, 0.2) is 0 Å². The summed E-state index contributed by atoms with van der Waals surface area (Å²) in [5.41, 5.74) is 3.22. The summed E-state index contributed by atoms with van der Waals surface area (Å²) in [6, 6.07) is 6.27. The summed E-state index contributed by atoms with van der Waals surface area (Å²) >= 11 is 0. The van der Waals surface area contributed by atoms with Gasteiger partial charge in [-0.1, -0.05) is 0 Å². The lowest BCUT2D eigenvalue weighted by atomic mass is 10.0. The van der Waals surface area contributed by atoms with Gasteiger partial charge in [0.25, 0.3) is 0 Å². The molecule has 2 aliphatic rings. The molecule has 0 bridgehead atoms. The van der Waals surface area contributed by atoms with Crippen LogP contribution in [0.25, 0.3) is 0 Å². The molecule has 142 valence electrons. The maximum Gasteiger partial charge on any atom is 0.228 e. The van der Waals surface area contributed by atoms with E-state index in [0.29, 0.717) is 13.0 Å². The molecule has 2 saturated heterocycles. The van der Waals surface area contributed by atoms with Gasteiger partial charge >= 0.3 is 0 Å². The van der Waals surface area contributed by atoms with E-state index < -0.39 is 0 Å². The molecule has 1 aromatic carbocycles. The monoisotopic (exact) mass is 357 g/mol. The summed E-state index contributed by atoms with van der Waals surface area (Å²) in [7, 11) is 0. The van der Waals surface area contributed by atoms with Gasteiger partial charge < -0.3 is 14.7 Å². The van der Waals surface area contributed by atoms with Crippen LogP contribution in [0.2, 0.25) is 0 Å². The van der Waals surface area contributed by atoms with Crippen molar-refractivity contribution < 1.29 is 9.59 Å². The first-order valence-corrected chi connectivity index (χ1v) is 9.99. The number of carbonyl (C=O) groups is 2. The Labute approximate surface area is 156 Å². The highest BCUT2D eigenvalue weighted by molar-refractivity contribution is 6.01. The Morgan fingerprint density at radius 3 is 2.46 bits per heavy atom. The Morgan fingerprint density at radius 2 is 1.85 bits per heavy atom. The van der Waals surface area contributed by atoms with E-state index in [1.165, 1.54) is 12.1 Å². The summed E-state index contributed by atoms with van der Waals surface area (Å²) in [5, 5.41) is 0. The lowest BCUT2D eigenvalue weighted by Gasteiger charge is -2.29. The van der Waals surface area contributed by atoms with Gasteiger partial charge in [-0.3, -0.25) is 9.59 Å². The van der Waals surface area contributed by atoms with E-state index in [1.54, 1.807) is 0 Å². The van der Waals surface area contributed by atoms with Gasteiger partial charge in [0.05, 0.1) is 5.92 Å². The van der Waals surface area contributed by atoms with Crippen molar-refractivity contribution in [2.24, 2.45) is 5.92 Å². The number of anilines is 2. The van der Waals surface area contributed by atoms with Crippen LogP contribution in [0.5, 0.6) is 0 Å². The smallest absolute Gasteiger partial charge is 0.228 e. The van der Waals surface area contributed by atoms with Crippen molar-refractivity contribution in [1.29, 1.82) is 0 Å². The van der Waals surface area contributed by atoms with Crippen molar-refractivity contribution in [2.45, 2.75) is 46.5 Å². The number of likely N-dealkylation sites (tertiary alicyclic amines) is 1. The minimum Gasteiger partial charge on any atom is -0.372 e. The molecule has 5 heteroatoms. The zero-order valence-corrected chi connectivity index (χ0v) is 16.3. The van der Waals surface area contributed by atoms with Crippen molar-refractivity contribution in [1.82, 2.24) is 4.90 Å². The molecule has 0 radical (unpaired) electrons. The normalized spacial score (nSPS) is 20.6. The number of hydrogen-bond acceptors (Lipinski definition) is 3. The van der Waals surface area contributed by atoms with E-state index in [-0.39, 0.29) is 17.7 Å². The summed E-state index contributed by atoms with van der Waals surface area (Å²) in [6.07, 6.45) is 3.72. The average Bonchev–Trinajstić information content (AvgIpc) is 3.04. The molecule has 0 spiro atoms. The van der Waals surface area contributed by atoms with E-state index in [2.05, 4.69) is 37.8 Å². The fourth-order valence-electron chi connectivity index (χ4n) is 4.21. The van der Waals surface area contributed by atoms with Crippen LogP contribution >= 0.6 is 0 Å². The van der Waals surface area contributed by atoms with Crippen molar-refractivity contribution in [3.63, 3.8) is 0 Å². The van der Waals surface area contributed by atoms with Gasteiger partial charge in [-0.05, 0) is 63.8 Å². The highest BCUT2D eigenvalue weighted by Gasteiger charge is 2.37. The van der Waals surface area contributed by atoms with Crippen molar-refractivity contribution in [2.75, 3.05) is 42.5 Å². The average molecular weight is 357 g/mol. The van der Waals surface area contributed by atoms with Gasteiger partial charge in [0.2, 0.25) is 11.8 Å². The van der Waals surface area contributed by atoms with Crippen molar-refractivity contribution in [3.8, 4) is 0 Å². The molecule has 1 aromatic rings. The number of nitrogens with zero attached hydrogens (tertiary/aromatic N) is 3. The zero-order valence-electron chi connectivity index (χ0n) is 16.3. The Hall–Kier alpha value is -2.04. The summed E-state index contributed by atoms with van der Waals surface area (Å²) in [6.45, 7) is 10.5. The number of piperidine rings is 1. The molecule has 1 atom stereocenters. The van der Waals surface area contributed by atoms with Crippen LogP contribution in [0.4, 0.5) is 11.4 Å². The van der Waals surface area contributed by atoms with Gasteiger partial charge in [-0.15, -0.1) is 0 Å². The molecule has 1 unspecified atom stereocenters.